The number of ether oxygens (including phenoxy) is 6. The standard InChI is InChI=1S/C34H47N3O8/c1-40-30-24-27-25-31(32(30)41-2)43-20-3-6-29(11-15-36-13-4-12-35(16-17-36)14-5-21-44-33(27)38)45-34(39)26-7-9-28(10-8-26)37-18-22-42-23-19-37/h7-10,24-25,29H,3-6,11-23H2,1-2H3. The van der Waals surface area contributed by atoms with Crippen molar-refractivity contribution < 1.29 is 38.0 Å². The fourth-order valence-electron chi connectivity index (χ4n) is 6.09. The SMILES string of the molecule is COc1cc2cc(c1OC)OCCCC(OC(=O)c1ccc(N3CCOCC3)cc1)CCN1CCCN(CCCOC2=O)CC1. The quantitative estimate of drug-likeness (QED) is 0.453. The van der Waals surface area contributed by atoms with Crippen LogP contribution in [0.3, 0.4) is 0 Å². The molecule has 45 heavy (non-hydrogen) atoms. The summed E-state index contributed by atoms with van der Waals surface area (Å²) in [4.78, 5) is 33.4. The molecule has 3 aliphatic rings. The van der Waals surface area contributed by atoms with Crippen molar-refractivity contribution in [3.63, 3.8) is 0 Å². The molecule has 0 aliphatic carbocycles. The maximum atomic E-state index is 13.3. The Bertz CT molecular complexity index is 1250. The van der Waals surface area contributed by atoms with Gasteiger partial charge in [-0.1, -0.05) is 0 Å². The van der Waals surface area contributed by atoms with Crippen molar-refractivity contribution in [2.75, 3.05) is 97.9 Å². The Balaban J connectivity index is 1.28. The fourth-order valence-corrected chi connectivity index (χ4v) is 6.09. The van der Waals surface area contributed by atoms with E-state index in [0.29, 0.717) is 67.6 Å². The Kier molecular flexibility index (Phi) is 12.2. The monoisotopic (exact) mass is 625 g/mol. The predicted molar refractivity (Wildman–Crippen MR) is 170 cm³/mol. The average molecular weight is 626 g/mol. The molecule has 0 amide bonds. The number of rotatable bonds is 5. The van der Waals surface area contributed by atoms with Crippen molar-refractivity contribution in [2.45, 2.75) is 38.2 Å². The van der Waals surface area contributed by atoms with Gasteiger partial charge in [0.05, 0.1) is 51.8 Å². The van der Waals surface area contributed by atoms with E-state index in [4.69, 9.17) is 28.4 Å². The van der Waals surface area contributed by atoms with Gasteiger partial charge < -0.3 is 43.1 Å². The van der Waals surface area contributed by atoms with Gasteiger partial charge in [-0.05, 0) is 81.6 Å². The first-order valence-corrected chi connectivity index (χ1v) is 16.2. The lowest BCUT2D eigenvalue weighted by Crippen LogP contribution is -2.36. The minimum Gasteiger partial charge on any atom is -0.493 e. The molecule has 3 aliphatic heterocycles. The Labute approximate surface area is 266 Å². The van der Waals surface area contributed by atoms with E-state index in [-0.39, 0.29) is 12.1 Å². The number of methoxy groups -OCH3 is 2. The van der Waals surface area contributed by atoms with E-state index in [2.05, 4.69) is 14.7 Å². The molecule has 2 aromatic rings. The number of morpholine rings is 1. The Morgan fingerprint density at radius 2 is 1.47 bits per heavy atom. The molecule has 3 heterocycles. The molecule has 11 nitrogen and oxygen atoms in total. The minimum atomic E-state index is -0.425. The Morgan fingerprint density at radius 1 is 0.756 bits per heavy atom. The molecular weight excluding hydrogens is 578 g/mol. The molecule has 2 saturated heterocycles. The average Bonchev–Trinajstić information content (AvgIpc) is 3.31. The minimum absolute atomic E-state index is 0.265. The summed E-state index contributed by atoms with van der Waals surface area (Å²) in [5.74, 6) is 0.477. The number of hydrogen-bond acceptors (Lipinski definition) is 11. The van der Waals surface area contributed by atoms with E-state index in [1.807, 2.05) is 24.3 Å². The summed E-state index contributed by atoms with van der Waals surface area (Å²) in [7, 11) is 3.06. The first-order valence-electron chi connectivity index (χ1n) is 16.2. The zero-order valence-corrected chi connectivity index (χ0v) is 26.7. The van der Waals surface area contributed by atoms with Gasteiger partial charge in [-0.2, -0.15) is 0 Å². The van der Waals surface area contributed by atoms with Crippen molar-refractivity contribution in [3.8, 4) is 17.2 Å². The molecule has 0 saturated carbocycles. The van der Waals surface area contributed by atoms with Gasteiger partial charge in [0.15, 0.2) is 11.5 Å². The molecule has 3 atom stereocenters. The molecule has 2 fully saturated rings. The number of anilines is 1. The number of cyclic esters (lactones) is 1. The topological polar surface area (TPSA) is 99.2 Å². The van der Waals surface area contributed by atoms with E-state index < -0.39 is 5.97 Å². The van der Waals surface area contributed by atoms with Crippen LogP contribution in [-0.4, -0.2) is 121 Å². The zero-order valence-electron chi connectivity index (χ0n) is 26.7. The summed E-state index contributed by atoms with van der Waals surface area (Å²) in [6.45, 7) is 9.45. The van der Waals surface area contributed by atoms with E-state index in [1.165, 1.54) is 14.2 Å². The van der Waals surface area contributed by atoms with Gasteiger partial charge in [0.2, 0.25) is 5.75 Å². The van der Waals surface area contributed by atoms with E-state index in [9.17, 15) is 9.59 Å². The molecule has 246 valence electrons. The molecule has 0 aromatic heterocycles. The smallest absolute Gasteiger partial charge is 0.338 e. The molecule has 4 bridgehead atoms. The second-order valence-electron chi connectivity index (χ2n) is 11.7. The third-order valence-corrected chi connectivity index (χ3v) is 8.66. The number of fused-ring (bicyclic) bond motifs is 5. The van der Waals surface area contributed by atoms with Crippen molar-refractivity contribution in [2.24, 2.45) is 0 Å². The van der Waals surface area contributed by atoms with Gasteiger partial charge >= 0.3 is 11.9 Å². The summed E-state index contributed by atoms with van der Waals surface area (Å²) in [6.07, 6.45) is 3.59. The third-order valence-electron chi connectivity index (χ3n) is 8.66. The molecule has 5 rings (SSSR count). The summed E-state index contributed by atoms with van der Waals surface area (Å²) in [5.41, 5.74) is 1.97. The van der Waals surface area contributed by atoms with Crippen LogP contribution in [0.2, 0.25) is 0 Å². The summed E-state index contributed by atoms with van der Waals surface area (Å²) in [5, 5.41) is 0. The van der Waals surface area contributed by atoms with Gasteiger partial charge in [-0.15, -0.1) is 0 Å². The summed E-state index contributed by atoms with van der Waals surface area (Å²) in [6, 6.07) is 10.9. The van der Waals surface area contributed by atoms with Crippen LogP contribution in [0.4, 0.5) is 5.69 Å². The lowest BCUT2D eigenvalue weighted by molar-refractivity contribution is 0.0221. The van der Waals surface area contributed by atoms with Crippen LogP contribution in [0.1, 0.15) is 52.8 Å². The van der Waals surface area contributed by atoms with Crippen LogP contribution in [0, 0.1) is 0 Å². The van der Waals surface area contributed by atoms with Crippen LogP contribution in [0.5, 0.6) is 17.2 Å². The summed E-state index contributed by atoms with van der Waals surface area (Å²) >= 11 is 0. The largest absolute Gasteiger partial charge is 0.493 e. The van der Waals surface area contributed by atoms with Crippen LogP contribution in [-0.2, 0) is 14.2 Å². The van der Waals surface area contributed by atoms with Crippen LogP contribution in [0.25, 0.3) is 0 Å². The molecule has 11 heteroatoms. The van der Waals surface area contributed by atoms with Crippen LogP contribution < -0.4 is 19.1 Å². The maximum Gasteiger partial charge on any atom is 0.338 e. The van der Waals surface area contributed by atoms with Crippen molar-refractivity contribution in [3.05, 3.63) is 47.5 Å². The first-order chi connectivity index (χ1) is 22.0. The highest BCUT2D eigenvalue weighted by Crippen LogP contribution is 2.39. The van der Waals surface area contributed by atoms with Gasteiger partial charge in [-0.25, -0.2) is 9.59 Å². The number of carbonyl (C=O) groups excluding carboxylic acids is 2. The van der Waals surface area contributed by atoms with Gasteiger partial charge in [0.25, 0.3) is 0 Å². The fraction of sp³-hybridized carbons (Fsp3) is 0.588. The molecular formula is C34H47N3O8. The molecule has 0 radical (unpaired) electrons. The van der Waals surface area contributed by atoms with Crippen LogP contribution >= 0.6 is 0 Å². The van der Waals surface area contributed by atoms with E-state index in [1.54, 1.807) is 12.1 Å². The number of benzene rings is 2. The zero-order chi connectivity index (χ0) is 31.4. The van der Waals surface area contributed by atoms with Gasteiger partial charge in [0.1, 0.15) is 6.10 Å². The molecule has 0 spiro atoms. The van der Waals surface area contributed by atoms with Crippen molar-refractivity contribution >= 4 is 17.6 Å². The van der Waals surface area contributed by atoms with Crippen molar-refractivity contribution in [1.82, 2.24) is 9.80 Å². The Hall–Kier alpha value is -3.54. The number of nitrogens with zero attached hydrogens (tertiary/aromatic N) is 3. The molecule has 2 aromatic carbocycles. The second-order valence-corrected chi connectivity index (χ2v) is 11.7. The van der Waals surface area contributed by atoms with Crippen molar-refractivity contribution in [1.29, 1.82) is 0 Å². The highest BCUT2D eigenvalue weighted by Gasteiger charge is 2.22. The number of esters is 2. The third kappa shape index (κ3) is 9.24. The first kappa shape index (κ1) is 32.8. The second kappa shape index (κ2) is 16.7. The van der Waals surface area contributed by atoms with E-state index >= 15 is 0 Å². The number of hydrogen-bond donors (Lipinski definition) is 0. The molecule has 0 N–H and O–H groups in total. The predicted octanol–water partition coefficient (Wildman–Crippen LogP) is 3.88. The van der Waals surface area contributed by atoms with E-state index in [0.717, 1.165) is 77.3 Å². The van der Waals surface area contributed by atoms with Gasteiger partial charge in [-0.3, -0.25) is 0 Å². The number of carbonyl (C=O) groups is 2. The summed E-state index contributed by atoms with van der Waals surface area (Å²) < 4.78 is 34.3. The Morgan fingerprint density at radius 3 is 2.20 bits per heavy atom. The lowest BCUT2D eigenvalue weighted by Gasteiger charge is -2.29. The van der Waals surface area contributed by atoms with Crippen LogP contribution in [0.15, 0.2) is 36.4 Å². The maximum absolute atomic E-state index is 13.3. The normalized spacial score (nSPS) is 23.7. The highest BCUT2D eigenvalue weighted by molar-refractivity contribution is 5.91. The molecule has 3 unspecified atom stereocenters. The highest BCUT2D eigenvalue weighted by atomic mass is 16.5. The van der Waals surface area contributed by atoms with Gasteiger partial charge in [0, 0.05) is 45.0 Å². The lowest BCUT2D eigenvalue weighted by atomic mass is 10.1.